The Labute approximate surface area is 139 Å². The van der Waals surface area contributed by atoms with Gasteiger partial charge in [-0.05, 0) is 57.7 Å². The van der Waals surface area contributed by atoms with E-state index in [1.165, 1.54) is 11.6 Å². The number of rotatable bonds is 4. The van der Waals surface area contributed by atoms with Crippen LogP contribution in [-0.2, 0) is 13.0 Å². The maximum absolute atomic E-state index is 13.7. The molecule has 0 saturated heterocycles. The van der Waals surface area contributed by atoms with Gasteiger partial charge in [0, 0.05) is 12.6 Å². The van der Waals surface area contributed by atoms with Crippen LogP contribution in [0.15, 0.2) is 33.4 Å². The Kier molecular flexibility index (Phi) is 4.33. The molecule has 3 rings (SSSR count). The van der Waals surface area contributed by atoms with E-state index in [1.807, 2.05) is 6.92 Å². The van der Waals surface area contributed by atoms with Crippen molar-refractivity contribution in [1.82, 2.24) is 9.55 Å². The third kappa shape index (κ3) is 3.00. The molecule has 0 radical (unpaired) electrons. The Morgan fingerprint density at radius 1 is 1.48 bits per heavy atom. The third-order valence-electron chi connectivity index (χ3n) is 3.38. The minimum absolute atomic E-state index is 0.221. The van der Waals surface area contributed by atoms with Crippen LogP contribution in [0.4, 0.5) is 4.39 Å². The van der Waals surface area contributed by atoms with Crippen molar-refractivity contribution >= 4 is 49.9 Å². The van der Waals surface area contributed by atoms with E-state index in [2.05, 4.69) is 42.3 Å². The number of nitrogens with zero attached hydrogens (tertiary/aromatic N) is 2. The topological polar surface area (TPSA) is 17.8 Å². The average Bonchev–Trinajstić information content (AvgIpc) is 3.05. The van der Waals surface area contributed by atoms with E-state index < -0.39 is 0 Å². The predicted molar refractivity (Wildman–Crippen MR) is 89.7 cm³/mol. The zero-order valence-corrected chi connectivity index (χ0v) is 14.5. The molecule has 2 heterocycles. The molecule has 0 spiro atoms. The van der Waals surface area contributed by atoms with Gasteiger partial charge in [-0.1, -0.05) is 0 Å². The van der Waals surface area contributed by atoms with Gasteiger partial charge in [0.15, 0.2) is 0 Å². The lowest BCUT2D eigenvalue weighted by molar-refractivity contribution is 0.622. The molecule has 0 aliphatic heterocycles. The molecule has 0 bridgehead atoms. The molecule has 21 heavy (non-hydrogen) atoms. The highest BCUT2D eigenvalue weighted by molar-refractivity contribution is 9.10. The van der Waals surface area contributed by atoms with Crippen molar-refractivity contribution in [2.45, 2.75) is 25.3 Å². The molecule has 3 aromatic rings. The van der Waals surface area contributed by atoms with E-state index in [-0.39, 0.29) is 11.2 Å². The van der Waals surface area contributed by atoms with Crippen molar-refractivity contribution in [3.63, 3.8) is 0 Å². The summed E-state index contributed by atoms with van der Waals surface area (Å²) in [5.41, 5.74) is 2.83. The molecule has 110 valence electrons. The number of thiophene rings is 1. The molecule has 1 aromatic carbocycles. The standard InChI is InChI=1S/C15H13BrClFN2S/c1-9(17)15-19-13-7-12(18)11(16)6-14(13)20(15)4-2-10-3-5-21-8-10/h3,5-9H,2,4H2,1H3. The second kappa shape index (κ2) is 6.07. The minimum atomic E-state index is -0.307. The van der Waals surface area contributed by atoms with Crippen LogP contribution in [0.1, 0.15) is 23.7 Å². The lowest BCUT2D eigenvalue weighted by Gasteiger charge is -2.10. The Hall–Kier alpha value is -0.910. The fourth-order valence-electron chi connectivity index (χ4n) is 2.35. The van der Waals surface area contributed by atoms with Gasteiger partial charge in [-0.25, -0.2) is 9.37 Å². The average molecular weight is 388 g/mol. The second-order valence-electron chi connectivity index (χ2n) is 4.87. The van der Waals surface area contributed by atoms with E-state index >= 15 is 0 Å². The van der Waals surface area contributed by atoms with Crippen molar-refractivity contribution in [3.8, 4) is 0 Å². The fourth-order valence-corrected chi connectivity index (χ4v) is 3.55. The number of imidazole rings is 1. The molecule has 6 heteroatoms. The number of alkyl halides is 1. The predicted octanol–water partition coefficient (Wildman–Crippen LogP) is 5.54. The summed E-state index contributed by atoms with van der Waals surface area (Å²) in [4.78, 5) is 4.49. The molecule has 2 aromatic heterocycles. The van der Waals surface area contributed by atoms with Crippen molar-refractivity contribution in [1.29, 1.82) is 0 Å². The number of fused-ring (bicyclic) bond motifs is 1. The highest BCUT2D eigenvalue weighted by Crippen LogP contribution is 2.28. The normalized spacial score (nSPS) is 13.0. The van der Waals surface area contributed by atoms with E-state index in [9.17, 15) is 4.39 Å². The SMILES string of the molecule is CC(Cl)c1nc2cc(F)c(Br)cc2n1CCc1ccsc1. The van der Waals surface area contributed by atoms with Crippen molar-refractivity contribution in [2.24, 2.45) is 0 Å². The van der Waals surface area contributed by atoms with Gasteiger partial charge >= 0.3 is 0 Å². The zero-order chi connectivity index (χ0) is 15.0. The maximum Gasteiger partial charge on any atom is 0.139 e. The highest BCUT2D eigenvalue weighted by atomic mass is 79.9. The molecule has 0 saturated carbocycles. The lowest BCUT2D eigenvalue weighted by atomic mass is 10.2. The summed E-state index contributed by atoms with van der Waals surface area (Å²) in [7, 11) is 0. The van der Waals surface area contributed by atoms with Gasteiger partial charge in [0.25, 0.3) is 0 Å². The number of hydrogen-bond acceptors (Lipinski definition) is 2. The largest absolute Gasteiger partial charge is 0.326 e. The number of aryl methyl sites for hydroxylation is 2. The zero-order valence-electron chi connectivity index (χ0n) is 11.3. The van der Waals surface area contributed by atoms with Gasteiger partial charge in [0.2, 0.25) is 0 Å². The fraction of sp³-hybridized carbons (Fsp3) is 0.267. The monoisotopic (exact) mass is 386 g/mol. The number of aromatic nitrogens is 2. The first-order chi connectivity index (χ1) is 10.1. The van der Waals surface area contributed by atoms with Crippen LogP contribution in [-0.4, -0.2) is 9.55 Å². The van der Waals surface area contributed by atoms with Gasteiger partial charge in [0.1, 0.15) is 11.6 Å². The minimum Gasteiger partial charge on any atom is -0.326 e. The van der Waals surface area contributed by atoms with Gasteiger partial charge in [-0.2, -0.15) is 11.3 Å². The molecule has 2 nitrogen and oxygen atoms in total. The van der Waals surface area contributed by atoms with Crippen LogP contribution in [0.3, 0.4) is 0 Å². The van der Waals surface area contributed by atoms with E-state index in [1.54, 1.807) is 17.4 Å². The summed E-state index contributed by atoms with van der Waals surface area (Å²) in [6, 6.07) is 5.33. The van der Waals surface area contributed by atoms with E-state index in [0.717, 1.165) is 24.3 Å². The van der Waals surface area contributed by atoms with Crippen LogP contribution in [0, 0.1) is 5.82 Å². The van der Waals surface area contributed by atoms with Crippen LogP contribution >= 0.6 is 38.9 Å². The number of halogens is 3. The molecule has 1 atom stereocenters. The van der Waals surface area contributed by atoms with Gasteiger partial charge in [-0.15, -0.1) is 11.6 Å². The molecule has 0 fully saturated rings. The Morgan fingerprint density at radius 2 is 2.29 bits per heavy atom. The first-order valence-electron chi connectivity index (χ1n) is 6.56. The molecular formula is C15H13BrClFN2S. The molecule has 0 amide bonds. The van der Waals surface area contributed by atoms with Crippen LogP contribution < -0.4 is 0 Å². The third-order valence-corrected chi connectivity index (χ3v) is 4.91. The molecular weight excluding hydrogens is 375 g/mol. The Morgan fingerprint density at radius 3 is 2.95 bits per heavy atom. The maximum atomic E-state index is 13.7. The Balaban J connectivity index is 2.04. The van der Waals surface area contributed by atoms with Gasteiger partial charge < -0.3 is 4.57 Å². The van der Waals surface area contributed by atoms with Crippen LogP contribution in [0.5, 0.6) is 0 Å². The Bertz CT molecular complexity index is 768. The first kappa shape index (κ1) is 15.0. The summed E-state index contributed by atoms with van der Waals surface area (Å²) in [6.45, 7) is 2.66. The molecule has 0 aliphatic carbocycles. The van der Waals surface area contributed by atoms with Crippen molar-refractivity contribution in [2.75, 3.05) is 0 Å². The second-order valence-corrected chi connectivity index (χ2v) is 7.16. The van der Waals surface area contributed by atoms with Gasteiger partial charge in [0.05, 0.1) is 20.9 Å². The van der Waals surface area contributed by atoms with Crippen molar-refractivity contribution in [3.05, 3.63) is 50.6 Å². The molecule has 1 unspecified atom stereocenters. The van der Waals surface area contributed by atoms with Crippen LogP contribution in [0.2, 0.25) is 0 Å². The smallest absolute Gasteiger partial charge is 0.139 e. The highest BCUT2D eigenvalue weighted by Gasteiger charge is 2.16. The molecule has 0 aliphatic rings. The lowest BCUT2D eigenvalue weighted by Crippen LogP contribution is -2.06. The number of benzene rings is 1. The van der Waals surface area contributed by atoms with Crippen molar-refractivity contribution < 1.29 is 4.39 Å². The molecule has 0 N–H and O–H groups in total. The van der Waals surface area contributed by atoms with Crippen LogP contribution in [0.25, 0.3) is 11.0 Å². The summed E-state index contributed by atoms with van der Waals surface area (Å²) in [5.74, 6) is 0.471. The van der Waals surface area contributed by atoms with Gasteiger partial charge in [-0.3, -0.25) is 0 Å². The summed E-state index contributed by atoms with van der Waals surface area (Å²) in [6.07, 6.45) is 0.903. The first-order valence-corrected chi connectivity index (χ1v) is 8.74. The quantitative estimate of drug-likeness (QED) is 0.537. The van der Waals surface area contributed by atoms with E-state index in [4.69, 9.17) is 11.6 Å². The van der Waals surface area contributed by atoms with E-state index in [0.29, 0.717) is 9.99 Å². The summed E-state index contributed by atoms with van der Waals surface area (Å²) >= 11 is 11.2. The number of hydrogen-bond donors (Lipinski definition) is 0. The summed E-state index contributed by atoms with van der Waals surface area (Å²) < 4.78 is 16.2. The summed E-state index contributed by atoms with van der Waals surface area (Å²) in [5, 5.41) is 3.98.